The van der Waals surface area contributed by atoms with Crippen LogP contribution in [0.3, 0.4) is 0 Å². The van der Waals surface area contributed by atoms with Crippen LogP contribution in [0.15, 0.2) is 34.8 Å². The maximum Gasteiger partial charge on any atom is 0.179 e. The zero-order valence-electron chi connectivity index (χ0n) is 11.5. The molecule has 0 atom stereocenters. The lowest BCUT2D eigenvalue weighted by Gasteiger charge is -2.08. The summed E-state index contributed by atoms with van der Waals surface area (Å²) < 4.78 is 0.923. The molecule has 1 aliphatic heterocycles. The number of para-hydroxylation sites is 1. The van der Waals surface area contributed by atoms with Crippen LogP contribution in [0, 0.1) is 6.92 Å². The minimum Gasteiger partial charge on any atom is -0.307 e. The first-order valence-corrected chi connectivity index (χ1v) is 7.64. The van der Waals surface area contributed by atoms with E-state index < -0.39 is 0 Å². The number of fused-ring (bicyclic) bond motifs is 2. The molecular weight excluding hydrogens is 328 g/mol. The molecule has 5 heteroatoms. The molecule has 0 radical (unpaired) electrons. The van der Waals surface area contributed by atoms with Crippen LogP contribution >= 0.6 is 15.9 Å². The van der Waals surface area contributed by atoms with Crippen molar-refractivity contribution in [1.29, 1.82) is 0 Å². The van der Waals surface area contributed by atoms with Crippen molar-refractivity contribution in [3.05, 3.63) is 51.8 Å². The Morgan fingerprint density at radius 2 is 1.95 bits per heavy atom. The molecule has 0 unspecified atom stereocenters. The molecule has 0 bridgehead atoms. The van der Waals surface area contributed by atoms with Gasteiger partial charge in [-0.2, -0.15) is 0 Å². The monoisotopic (exact) mass is 340 g/mol. The molecule has 0 spiro atoms. The lowest BCUT2D eigenvalue weighted by Crippen LogP contribution is -2.01. The number of nitrogens with one attached hydrogen (secondary N) is 1. The summed E-state index contributed by atoms with van der Waals surface area (Å²) >= 11 is 3.60. The number of hydrogen-bond donors (Lipinski definition) is 1. The van der Waals surface area contributed by atoms with Crippen LogP contribution in [-0.2, 0) is 13.1 Å². The van der Waals surface area contributed by atoms with E-state index in [0.29, 0.717) is 5.82 Å². The lowest BCUT2D eigenvalue weighted by atomic mass is 10.1. The summed E-state index contributed by atoms with van der Waals surface area (Å²) in [6.07, 6.45) is 0. The Morgan fingerprint density at radius 3 is 2.86 bits per heavy atom. The summed E-state index contributed by atoms with van der Waals surface area (Å²) in [5, 5.41) is 4.42. The first-order chi connectivity index (χ1) is 10.2. The summed E-state index contributed by atoms with van der Waals surface area (Å²) in [4.78, 5) is 14.0. The molecule has 21 heavy (non-hydrogen) atoms. The van der Waals surface area contributed by atoms with E-state index in [1.807, 2.05) is 25.1 Å². The van der Waals surface area contributed by atoms with Crippen molar-refractivity contribution in [2.24, 2.45) is 0 Å². The number of pyridine rings is 1. The van der Waals surface area contributed by atoms with E-state index in [4.69, 9.17) is 4.98 Å². The van der Waals surface area contributed by atoms with E-state index in [9.17, 15) is 0 Å². The Bertz CT molecular complexity index is 860. The zero-order valence-corrected chi connectivity index (χ0v) is 13.1. The van der Waals surface area contributed by atoms with Gasteiger partial charge in [-0.15, -0.1) is 0 Å². The molecule has 2 aromatic heterocycles. The van der Waals surface area contributed by atoms with Crippen molar-refractivity contribution in [1.82, 2.24) is 20.3 Å². The smallest absolute Gasteiger partial charge is 0.179 e. The third-order valence-electron chi connectivity index (χ3n) is 3.78. The van der Waals surface area contributed by atoms with Gasteiger partial charge in [0.25, 0.3) is 0 Å². The van der Waals surface area contributed by atoms with Gasteiger partial charge < -0.3 is 5.32 Å². The molecule has 3 heterocycles. The molecule has 0 amide bonds. The number of halogens is 1. The second-order valence-corrected chi connectivity index (χ2v) is 6.03. The standard InChI is InChI=1S/C16H13BrN4/c1-9-11-7-18-8-14(11)21-16(19-9)15-12(17)6-10-4-2-3-5-13(10)20-15/h2-6,18H,7-8H2,1H3. The molecule has 104 valence electrons. The van der Waals surface area contributed by atoms with E-state index in [1.165, 1.54) is 5.56 Å². The van der Waals surface area contributed by atoms with Crippen molar-refractivity contribution in [3.63, 3.8) is 0 Å². The number of rotatable bonds is 1. The van der Waals surface area contributed by atoms with Gasteiger partial charge in [0.15, 0.2) is 5.82 Å². The number of aromatic nitrogens is 3. The van der Waals surface area contributed by atoms with Crippen molar-refractivity contribution in [2.45, 2.75) is 20.0 Å². The molecule has 0 saturated carbocycles. The number of hydrogen-bond acceptors (Lipinski definition) is 4. The van der Waals surface area contributed by atoms with Gasteiger partial charge in [-0.1, -0.05) is 18.2 Å². The van der Waals surface area contributed by atoms with Crippen LogP contribution in [0.25, 0.3) is 22.4 Å². The molecular formula is C16H13BrN4. The van der Waals surface area contributed by atoms with Crippen molar-refractivity contribution < 1.29 is 0 Å². The van der Waals surface area contributed by atoms with Gasteiger partial charge in [-0.3, -0.25) is 0 Å². The van der Waals surface area contributed by atoms with Crippen molar-refractivity contribution >= 4 is 26.8 Å². The van der Waals surface area contributed by atoms with Gasteiger partial charge in [0, 0.05) is 34.2 Å². The fourth-order valence-electron chi connectivity index (χ4n) is 2.69. The number of aryl methyl sites for hydroxylation is 1. The maximum absolute atomic E-state index is 4.72. The second-order valence-electron chi connectivity index (χ2n) is 5.17. The van der Waals surface area contributed by atoms with Gasteiger partial charge in [0.1, 0.15) is 5.69 Å². The minimum absolute atomic E-state index is 0.688. The molecule has 1 aromatic carbocycles. The highest BCUT2D eigenvalue weighted by atomic mass is 79.9. The quantitative estimate of drug-likeness (QED) is 0.737. The van der Waals surface area contributed by atoms with Crippen LogP contribution in [0.1, 0.15) is 17.0 Å². The summed E-state index contributed by atoms with van der Waals surface area (Å²) in [6.45, 7) is 3.69. The van der Waals surface area contributed by atoms with Crippen LogP contribution in [0.4, 0.5) is 0 Å². The fraction of sp³-hybridized carbons (Fsp3) is 0.188. The Balaban J connectivity index is 1.94. The van der Waals surface area contributed by atoms with Crippen LogP contribution < -0.4 is 5.32 Å². The van der Waals surface area contributed by atoms with Gasteiger partial charge in [0.05, 0.1) is 11.2 Å². The molecule has 0 aliphatic carbocycles. The van der Waals surface area contributed by atoms with E-state index in [1.54, 1.807) is 0 Å². The topological polar surface area (TPSA) is 50.7 Å². The average molecular weight is 341 g/mol. The SMILES string of the molecule is Cc1nc(-c2nc3ccccc3cc2Br)nc2c1CNC2. The maximum atomic E-state index is 4.72. The predicted octanol–water partition coefficient (Wildman–Crippen LogP) is 3.37. The number of nitrogens with zero attached hydrogens (tertiary/aromatic N) is 3. The Labute approximate surface area is 130 Å². The van der Waals surface area contributed by atoms with E-state index in [-0.39, 0.29) is 0 Å². The van der Waals surface area contributed by atoms with Gasteiger partial charge in [-0.25, -0.2) is 15.0 Å². The molecule has 1 aliphatic rings. The third-order valence-corrected chi connectivity index (χ3v) is 4.39. The zero-order chi connectivity index (χ0) is 14.4. The largest absolute Gasteiger partial charge is 0.307 e. The van der Waals surface area contributed by atoms with Crippen LogP contribution in [0.2, 0.25) is 0 Å². The molecule has 4 nitrogen and oxygen atoms in total. The van der Waals surface area contributed by atoms with Gasteiger partial charge in [0.2, 0.25) is 0 Å². The Kier molecular flexibility index (Phi) is 2.97. The normalized spacial score (nSPS) is 13.6. The summed E-state index contributed by atoms with van der Waals surface area (Å²) in [7, 11) is 0. The minimum atomic E-state index is 0.688. The van der Waals surface area contributed by atoms with E-state index in [2.05, 4.69) is 43.3 Å². The summed E-state index contributed by atoms with van der Waals surface area (Å²) in [5.41, 5.74) is 5.08. The summed E-state index contributed by atoms with van der Waals surface area (Å²) in [5.74, 6) is 0.688. The summed E-state index contributed by atoms with van der Waals surface area (Å²) in [6, 6.07) is 10.1. The number of benzene rings is 1. The molecule has 3 aromatic rings. The second kappa shape index (κ2) is 4.86. The van der Waals surface area contributed by atoms with Gasteiger partial charge >= 0.3 is 0 Å². The fourth-order valence-corrected chi connectivity index (χ4v) is 3.20. The van der Waals surface area contributed by atoms with E-state index in [0.717, 1.165) is 45.5 Å². The molecule has 0 fully saturated rings. The lowest BCUT2D eigenvalue weighted by molar-refractivity contribution is 0.757. The van der Waals surface area contributed by atoms with Crippen molar-refractivity contribution in [2.75, 3.05) is 0 Å². The highest BCUT2D eigenvalue weighted by molar-refractivity contribution is 9.10. The van der Waals surface area contributed by atoms with Crippen LogP contribution in [-0.4, -0.2) is 15.0 Å². The first kappa shape index (κ1) is 12.9. The highest BCUT2D eigenvalue weighted by Crippen LogP contribution is 2.29. The molecule has 1 N–H and O–H groups in total. The van der Waals surface area contributed by atoms with Gasteiger partial charge in [-0.05, 0) is 35.0 Å². The predicted molar refractivity (Wildman–Crippen MR) is 85.7 cm³/mol. The first-order valence-electron chi connectivity index (χ1n) is 6.85. The molecule has 0 saturated heterocycles. The van der Waals surface area contributed by atoms with E-state index >= 15 is 0 Å². The Hall–Kier alpha value is -1.85. The third kappa shape index (κ3) is 2.13. The van der Waals surface area contributed by atoms with Crippen LogP contribution in [0.5, 0.6) is 0 Å². The molecule has 4 rings (SSSR count). The van der Waals surface area contributed by atoms with Crippen molar-refractivity contribution in [3.8, 4) is 11.5 Å². The Morgan fingerprint density at radius 1 is 1.10 bits per heavy atom. The average Bonchev–Trinajstić information content (AvgIpc) is 2.95. The highest BCUT2D eigenvalue weighted by Gasteiger charge is 2.19.